The molecule has 2 aromatic carbocycles. The molecular weight excluding hydrogens is 432 g/mol. The molecule has 9 nitrogen and oxygen atoms in total. The topological polar surface area (TPSA) is 114 Å². The third-order valence-electron chi connectivity index (χ3n) is 5.55. The van der Waals surface area contributed by atoms with Gasteiger partial charge in [-0.1, -0.05) is 12.1 Å². The molecule has 4 aromatic rings. The molecule has 3 heterocycles. The van der Waals surface area contributed by atoms with E-state index in [0.29, 0.717) is 34.3 Å². The molecule has 0 unspecified atom stereocenters. The number of pyridine rings is 1. The van der Waals surface area contributed by atoms with Crippen molar-refractivity contribution in [3.8, 4) is 22.9 Å². The van der Waals surface area contributed by atoms with E-state index in [1.165, 1.54) is 0 Å². The highest BCUT2D eigenvalue weighted by Gasteiger charge is 2.34. The van der Waals surface area contributed by atoms with E-state index in [2.05, 4.69) is 20.6 Å². The third-order valence-corrected chi connectivity index (χ3v) is 5.55. The highest BCUT2D eigenvalue weighted by atomic mass is 16.5. The van der Waals surface area contributed by atoms with Crippen LogP contribution in [0.3, 0.4) is 0 Å². The van der Waals surface area contributed by atoms with Crippen molar-refractivity contribution >= 4 is 17.5 Å². The number of nitrogens with zero attached hydrogens (tertiary/aromatic N) is 4. The summed E-state index contributed by atoms with van der Waals surface area (Å²) in [5.41, 5.74) is 3.16. The summed E-state index contributed by atoms with van der Waals surface area (Å²) in [6.45, 7) is 1.82. The standard InChI is InChI=1S/C25H22N6O3/c1-15-21(24(33)28-18-6-4-12-26-14-18)22(17-5-3-7-19(32)13-17)31-25(27-15)29-23(30-31)16-8-10-20(34-2)11-9-16/h3-14,22,32H,1-2H3,(H,28,33)(H,27,29,30)/t22-/m0/s1. The molecule has 3 N–H and O–H groups in total. The lowest BCUT2D eigenvalue weighted by Gasteiger charge is -2.28. The molecule has 1 aliphatic heterocycles. The van der Waals surface area contributed by atoms with E-state index in [4.69, 9.17) is 9.84 Å². The minimum Gasteiger partial charge on any atom is -0.508 e. The van der Waals surface area contributed by atoms with Crippen molar-refractivity contribution in [3.05, 3.63) is 89.9 Å². The number of benzene rings is 2. The number of fused-ring (bicyclic) bond motifs is 1. The first-order valence-corrected chi connectivity index (χ1v) is 10.6. The second-order valence-corrected chi connectivity index (χ2v) is 7.79. The van der Waals surface area contributed by atoms with Gasteiger partial charge in [-0.15, -0.1) is 5.10 Å². The zero-order chi connectivity index (χ0) is 23.7. The summed E-state index contributed by atoms with van der Waals surface area (Å²) >= 11 is 0. The van der Waals surface area contributed by atoms with Crippen molar-refractivity contribution < 1.29 is 14.6 Å². The Balaban J connectivity index is 1.59. The normalized spacial score (nSPS) is 14.8. The molecule has 34 heavy (non-hydrogen) atoms. The zero-order valence-corrected chi connectivity index (χ0v) is 18.6. The predicted octanol–water partition coefficient (Wildman–Crippen LogP) is 3.98. The van der Waals surface area contributed by atoms with Gasteiger partial charge in [0.1, 0.15) is 17.5 Å². The van der Waals surface area contributed by atoms with Gasteiger partial charge in [0.15, 0.2) is 5.82 Å². The summed E-state index contributed by atoms with van der Waals surface area (Å²) < 4.78 is 6.90. The number of rotatable bonds is 5. The van der Waals surface area contributed by atoms with Gasteiger partial charge in [-0.2, -0.15) is 4.98 Å². The van der Waals surface area contributed by atoms with Crippen molar-refractivity contribution in [2.75, 3.05) is 17.7 Å². The van der Waals surface area contributed by atoms with Gasteiger partial charge in [0.25, 0.3) is 5.91 Å². The second kappa shape index (κ2) is 8.70. The van der Waals surface area contributed by atoms with Crippen LogP contribution in [0.1, 0.15) is 18.5 Å². The van der Waals surface area contributed by atoms with E-state index in [1.807, 2.05) is 37.3 Å². The van der Waals surface area contributed by atoms with Crippen LogP contribution in [0, 0.1) is 0 Å². The SMILES string of the molecule is COc1ccc(-c2nc3n(n2)[C@@H](c2cccc(O)c2)C(C(=O)Nc2cccnc2)=C(C)N3)cc1. The molecule has 0 bridgehead atoms. The van der Waals surface area contributed by atoms with Crippen LogP contribution in [0.25, 0.3) is 11.4 Å². The lowest BCUT2D eigenvalue weighted by atomic mass is 9.95. The summed E-state index contributed by atoms with van der Waals surface area (Å²) in [7, 11) is 1.61. The number of aromatic hydroxyl groups is 1. The smallest absolute Gasteiger partial charge is 0.255 e. The average Bonchev–Trinajstić information content (AvgIpc) is 3.27. The molecule has 9 heteroatoms. The number of hydrogen-bond donors (Lipinski definition) is 3. The molecule has 0 radical (unpaired) electrons. The highest BCUT2D eigenvalue weighted by Crippen LogP contribution is 2.37. The van der Waals surface area contributed by atoms with E-state index in [-0.39, 0.29) is 11.7 Å². The first-order valence-electron chi connectivity index (χ1n) is 10.6. The Kier molecular flexibility index (Phi) is 5.43. The van der Waals surface area contributed by atoms with E-state index >= 15 is 0 Å². The van der Waals surface area contributed by atoms with E-state index in [1.54, 1.807) is 54.5 Å². The van der Waals surface area contributed by atoms with Gasteiger partial charge in [0.05, 0.1) is 24.6 Å². The van der Waals surface area contributed by atoms with Crippen LogP contribution < -0.4 is 15.4 Å². The van der Waals surface area contributed by atoms with Crippen molar-refractivity contribution in [2.45, 2.75) is 13.0 Å². The van der Waals surface area contributed by atoms with Gasteiger partial charge in [0, 0.05) is 17.5 Å². The van der Waals surface area contributed by atoms with Gasteiger partial charge in [0.2, 0.25) is 5.95 Å². The first-order chi connectivity index (χ1) is 16.5. The number of carbonyl (C=O) groups excluding carboxylic acids is 1. The molecule has 1 atom stereocenters. The minimum atomic E-state index is -0.612. The number of carbonyl (C=O) groups is 1. The maximum atomic E-state index is 13.4. The van der Waals surface area contributed by atoms with Gasteiger partial charge in [-0.05, 0) is 61.0 Å². The number of phenols is 1. The van der Waals surface area contributed by atoms with Crippen LogP contribution in [0.15, 0.2) is 84.3 Å². The fourth-order valence-corrected chi connectivity index (χ4v) is 3.95. The van der Waals surface area contributed by atoms with Gasteiger partial charge < -0.3 is 20.5 Å². The Labute approximate surface area is 195 Å². The number of allylic oxidation sites excluding steroid dienone is 1. The number of ether oxygens (including phenoxy) is 1. The maximum Gasteiger partial charge on any atom is 0.255 e. The van der Waals surface area contributed by atoms with Crippen LogP contribution >= 0.6 is 0 Å². The van der Waals surface area contributed by atoms with Crippen molar-refractivity contribution in [2.24, 2.45) is 0 Å². The molecule has 1 aliphatic rings. The van der Waals surface area contributed by atoms with Crippen LogP contribution in [0.4, 0.5) is 11.6 Å². The molecule has 0 fully saturated rings. The summed E-state index contributed by atoms with van der Waals surface area (Å²) in [4.78, 5) is 22.2. The monoisotopic (exact) mass is 454 g/mol. The van der Waals surface area contributed by atoms with E-state index in [9.17, 15) is 9.90 Å². The third kappa shape index (κ3) is 3.95. The molecule has 0 saturated heterocycles. The van der Waals surface area contributed by atoms with Gasteiger partial charge >= 0.3 is 0 Å². The van der Waals surface area contributed by atoms with E-state index < -0.39 is 6.04 Å². The molecule has 0 aliphatic carbocycles. The maximum absolute atomic E-state index is 13.4. The number of anilines is 2. The number of methoxy groups -OCH3 is 1. The molecule has 170 valence electrons. The largest absolute Gasteiger partial charge is 0.508 e. The number of aromatic nitrogens is 4. The average molecular weight is 454 g/mol. The second-order valence-electron chi connectivity index (χ2n) is 7.79. The quantitative estimate of drug-likeness (QED) is 0.418. The highest BCUT2D eigenvalue weighted by molar-refractivity contribution is 6.06. The predicted molar refractivity (Wildman–Crippen MR) is 127 cm³/mol. The lowest BCUT2D eigenvalue weighted by molar-refractivity contribution is -0.113. The molecule has 0 saturated carbocycles. The van der Waals surface area contributed by atoms with Gasteiger partial charge in [-0.25, -0.2) is 4.68 Å². The van der Waals surface area contributed by atoms with Gasteiger partial charge in [-0.3, -0.25) is 9.78 Å². The van der Waals surface area contributed by atoms with Crippen molar-refractivity contribution in [3.63, 3.8) is 0 Å². The Morgan fingerprint density at radius 3 is 2.68 bits per heavy atom. The number of nitrogens with one attached hydrogen (secondary N) is 2. The van der Waals surface area contributed by atoms with Crippen LogP contribution in [-0.2, 0) is 4.79 Å². The Bertz CT molecular complexity index is 1380. The first kappa shape index (κ1) is 21.2. The number of amides is 1. The van der Waals surface area contributed by atoms with Crippen LogP contribution in [0.5, 0.6) is 11.5 Å². The van der Waals surface area contributed by atoms with Crippen LogP contribution in [0.2, 0.25) is 0 Å². The fraction of sp³-hybridized carbons (Fsp3) is 0.120. The number of phenolic OH excluding ortho intramolecular Hbond substituents is 1. The Hall–Kier alpha value is -4.66. The van der Waals surface area contributed by atoms with Crippen LogP contribution in [-0.4, -0.2) is 37.9 Å². The molecule has 0 spiro atoms. The molecule has 5 rings (SSSR count). The van der Waals surface area contributed by atoms with Crippen molar-refractivity contribution in [1.29, 1.82) is 0 Å². The fourth-order valence-electron chi connectivity index (χ4n) is 3.95. The summed E-state index contributed by atoms with van der Waals surface area (Å²) in [5, 5.41) is 21.0. The number of hydrogen-bond acceptors (Lipinski definition) is 7. The van der Waals surface area contributed by atoms with E-state index in [0.717, 1.165) is 11.3 Å². The summed E-state index contributed by atoms with van der Waals surface area (Å²) in [6, 6.07) is 17.1. The summed E-state index contributed by atoms with van der Waals surface area (Å²) in [6.07, 6.45) is 3.22. The molecule has 2 aromatic heterocycles. The Morgan fingerprint density at radius 1 is 1.15 bits per heavy atom. The van der Waals surface area contributed by atoms with Crippen molar-refractivity contribution in [1.82, 2.24) is 19.7 Å². The minimum absolute atomic E-state index is 0.0951. The Morgan fingerprint density at radius 2 is 1.97 bits per heavy atom. The summed E-state index contributed by atoms with van der Waals surface area (Å²) in [5.74, 6) is 1.51. The molecular formula is C25H22N6O3. The lowest BCUT2D eigenvalue weighted by Crippen LogP contribution is -2.31. The zero-order valence-electron chi connectivity index (χ0n) is 18.6. The molecule has 1 amide bonds.